The van der Waals surface area contributed by atoms with Crippen LogP contribution in [0.5, 0.6) is 0 Å². The Morgan fingerprint density at radius 2 is 1.94 bits per heavy atom. The number of hydrogen-bond donors (Lipinski definition) is 1. The fourth-order valence-corrected chi connectivity index (χ4v) is 1.98. The van der Waals surface area contributed by atoms with E-state index in [1.807, 2.05) is 25.1 Å². The molecular formula is C15H21N3. The summed E-state index contributed by atoms with van der Waals surface area (Å²) in [6, 6.07) is 10.3. The molecule has 18 heavy (non-hydrogen) atoms. The Labute approximate surface area is 109 Å². The van der Waals surface area contributed by atoms with Crippen LogP contribution >= 0.6 is 0 Å². The number of para-hydroxylation sites is 1. The van der Waals surface area contributed by atoms with Crippen molar-refractivity contribution in [2.45, 2.75) is 33.1 Å². The van der Waals surface area contributed by atoms with Crippen molar-refractivity contribution in [1.82, 2.24) is 9.55 Å². The summed E-state index contributed by atoms with van der Waals surface area (Å²) in [6.07, 6.45) is 5.76. The van der Waals surface area contributed by atoms with Crippen LogP contribution in [-0.4, -0.2) is 16.1 Å². The van der Waals surface area contributed by atoms with Crippen LogP contribution in [0, 0.1) is 6.92 Å². The van der Waals surface area contributed by atoms with Gasteiger partial charge in [-0.05, 0) is 25.5 Å². The first-order valence-electron chi connectivity index (χ1n) is 6.66. The van der Waals surface area contributed by atoms with Gasteiger partial charge in [-0.2, -0.15) is 0 Å². The van der Waals surface area contributed by atoms with E-state index >= 15 is 0 Å². The topological polar surface area (TPSA) is 29.9 Å². The molecule has 0 unspecified atom stereocenters. The first-order chi connectivity index (χ1) is 8.81. The number of anilines is 1. The van der Waals surface area contributed by atoms with Crippen LogP contribution in [0.3, 0.4) is 0 Å². The van der Waals surface area contributed by atoms with E-state index in [-0.39, 0.29) is 0 Å². The van der Waals surface area contributed by atoms with Gasteiger partial charge in [-0.15, -0.1) is 0 Å². The lowest BCUT2D eigenvalue weighted by molar-refractivity contribution is 0.739. The molecule has 0 radical (unpaired) electrons. The van der Waals surface area contributed by atoms with E-state index in [0.29, 0.717) is 0 Å². The summed E-state index contributed by atoms with van der Waals surface area (Å²) in [5.41, 5.74) is 2.19. The van der Waals surface area contributed by atoms with Gasteiger partial charge in [0.2, 0.25) is 5.95 Å². The van der Waals surface area contributed by atoms with E-state index in [0.717, 1.165) is 23.9 Å². The van der Waals surface area contributed by atoms with Gasteiger partial charge in [0.15, 0.2) is 0 Å². The Morgan fingerprint density at radius 1 is 1.17 bits per heavy atom. The molecule has 1 aromatic carbocycles. The monoisotopic (exact) mass is 243 g/mol. The average Bonchev–Trinajstić information content (AvgIpc) is 2.77. The first-order valence-corrected chi connectivity index (χ1v) is 6.66. The first kappa shape index (κ1) is 12.7. The molecule has 0 amide bonds. The molecule has 2 rings (SSSR count). The Morgan fingerprint density at radius 3 is 2.67 bits per heavy atom. The Hall–Kier alpha value is -1.77. The van der Waals surface area contributed by atoms with Crippen LogP contribution in [-0.2, 0) is 0 Å². The van der Waals surface area contributed by atoms with E-state index < -0.39 is 0 Å². The molecule has 0 bridgehead atoms. The largest absolute Gasteiger partial charge is 0.355 e. The van der Waals surface area contributed by atoms with Crippen molar-refractivity contribution in [3.05, 3.63) is 42.2 Å². The number of rotatable bonds is 6. The molecule has 96 valence electrons. The molecule has 0 aliphatic heterocycles. The lowest BCUT2D eigenvalue weighted by Crippen LogP contribution is -2.07. The van der Waals surface area contributed by atoms with Gasteiger partial charge in [-0.1, -0.05) is 38.0 Å². The molecule has 1 heterocycles. The fraction of sp³-hybridized carbons (Fsp3) is 0.400. The molecule has 0 aliphatic rings. The van der Waals surface area contributed by atoms with E-state index in [2.05, 4.69) is 40.1 Å². The molecule has 3 nitrogen and oxygen atoms in total. The SMILES string of the molecule is CCCCCNc1nc(C)cn1-c1ccccc1. The summed E-state index contributed by atoms with van der Waals surface area (Å²) in [7, 11) is 0. The fourth-order valence-electron chi connectivity index (χ4n) is 1.98. The van der Waals surface area contributed by atoms with Gasteiger partial charge in [0.05, 0.1) is 5.69 Å². The molecular weight excluding hydrogens is 222 g/mol. The van der Waals surface area contributed by atoms with Crippen molar-refractivity contribution in [2.24, 2.45) is 0 Å². The smallest absolute Gasteiger partial charge is 0.207 e. The van der Waals surface area contributed by atoms with Crippen molar-refractivity contribution in [2.75, 3.05) is 11.9 Å². The second-order valence-corrected chi connectivity index (χ2v) is 4.55. The third-order valence-electron chi connectivity index (χ3n) is 2.92. The summed E-state index contributed by atoms with van der Waals surface area (Å²) in [5, 5.41) is 3.42. The number of unbranched alkanes of at least 4 members (excludes halogenated alkanes) is 2. The number of hydrogen-bond acceptors (Lipinski definition) is 2. The number of aryl methyl sites for hydroxylation is 1. The molecule has 0 fully saturated rings. The standard InChI is InChI=1S/C15H21N3/c1-3-4-8-11-16-15-17-13(2)12-18(15)14-9-6-5-7-10-14/h5-7,9-10,12H,3-4,8,11H2,1-2H3,(H,16,17). The zero-order valence-electron chi connectivity index (χ0n) is 11.2. The second kappa shape index (κ2) is 6.24. The van der Waals surface area contributed by atoms with Crippen molar-refractivity contribution in [3.63, 3.8) is 0 Å². The van der Waals surface area contributed by atoms with Crippen molar-refractivity contribution in [1.29, 1.82) is 0 Å². The van der Waals surface area contributed by atoms with E-state index in [4.69, 9.17) is 0 Å². The van der Waals surface area contributed by atoms with Crippen LogP contribution in [0.2, 0.25) is 0 Å². The maximum Gasteiger partial charge on any atom is 0.207 e. The predicted octanol–water partition coefficient (Wildman–Crippen LogP) is 3.78. The normalized spacial score (nSPS) is 10.6. The number of nitrogens with zero attached hydrogens (tertiary/aromatic N) is 2. The molecule has 1 N–H and O–H groups in total. The summed E-state index contributed by atoms with van der Waals surface area (Å²) < 4.78 is 2.11. The second-order valence-electron chi connectivity index (χ2n) is 4.55. The van der Waals surface area contributed by atoms with Crippen LogP contribution in [0.15, 0.2) is 36.5 Å². The van der Waals surface area contributed by atoms with E-state index in [9.17, 15) is 0 Å². The van der Waals surface area contributed by atoms with Crippen LogP contribution in [0.1, 0.15) is 31.9 Å². The Bertz CT molecular complexity index is 474. The molecule has 0 spiro atoms. The maximum atomic E-state index is 4.54. The highest BCUT2D eigenvalue weighted by molar-refractivity contribution is 5.42. The summed E-state index contributed by atoms with van der Waals surface area (Å²) in [4.78, 5) is 4.54. The van der Waals surface area contributed by atoms with Gasteiger partial charge >= 0.3 is 0 Å². The molecule has 2 aromatic rings. The lowest BCUT2D eigenvalue weighted by Gasteiger charge is -2.09. The summed E-state index contributed by atoms with van der Waals surface area (Å²) in [5.74, 6) is 0.940. The van der Waals surface area contributed by atoms with E-state index in [1.165, 1.54) is 19.3 Å². The summed E-state index contributed by atoms with van der Waals surface area (Å²) in [6.45, 7) is 5.23. The Kier molecular flexibility index (Phi) is 4.40. The molecule has 0 atom stereocenters. The highest BCUT2D eigenvalue weighted by Gasteiger charge is 2.06. The quantitative estimate of drug-likeness (QED) is 0.782. The van der Waals surface area contributed by atoms with Gasteiger partial charge < -0.3 is 5.32 Å². The number of nitrogens with one attached hydrogen (secondary N) is 1. The van der Waals surface area contributed by atoms with Crippen LogP contribution in [0.4, 0.5) is 5.95 Å². The maximum absolute atomic E-state index is 4.54. The van der Waals surface area contributed by atoms with Crippen molar-refractivity contribution in [3.8, 4) is 5.69 Å². The minimum Gasteiger partial charge on any atom is -0.355 e. The van der Waals surface area contributed by atoms with Gasteiger partial charge in [-0.3, -0.25) is 4.57 Å². The minimum atomic E-state index is 0.940. The zero-order valence-corrected chi connectivity index (χ0v) is 11.2. The Balaban J connectivity index is 2.11. The molecule has 1 aromatic heterocycles. The number of aromatic nitrogens is 2. The van der Waals surface area contributed by atoms with Crippen LogP contribution < -0.4 is 5.32 Å². The molecule has 0 saturated heterocycles. The van der Waals surface area contributed by atoms with E-state index in [1.54, 1.807) is 0 Å². The molecule has 0 saturated carbocycles. The van der Waals surface area contributed by atoms with Gasteiger partial charge in [0.25, 0.3) is 0 Å². The number of imidazole rings is 1. The van der Waals surface area contributed by atoms with Gasteiger partial charge in [-0.25, -0.2) is 4.98 Å². The number of benzene rings is 1. The van der Waals surface area contributed by atoms with Crippen molar-refractivity contribution < 1.29 is 0 Å². The highest BCUT2D eigenvalue weighted by Crippen LogP contribution is 2.16. The molecule has 0 aliphatic carbocycles. The third-order valence-corrected chi connectivity index (χ3v) is 2.92. The molecule has 3 heteroatoms. The van der Waals surface area contributed by atoms with Gasteiger partial charge in [0, 0.05) is 18.4 Å². The lowest BCUT2D eigenvalue weighted by atomic mass is 10.2. The van der Waals surface area contributed by atoms with Crippen LogP contribution in [0.25, 0.3) is 5.69 Å². The minimum absolute atomic E-state index is 0.940. The average molecular weight is 243 g/mol. The van der Waals surface area contributed by atoms with Gasteiger partial charge in [0.1, 0.15) is 0 Å². The summed E-state index contributed by atoms with van der Waals surface area (Å²) >= 11 is 0. The third kappa shape index (κ3) is 3.13. The zero-order chi connectivity index (χ0) is 12.8. The van der Waals surface area contributed by atoms with Crippen molar-refractivity contribution >= 4 is 5.95 Å². The highest BCUT2D eigenvalue weighted by atomic mass is 15.2. The predicted molar refractivity (Wildman–Crippen MR) is 76.3 cm³/mol.